The molecule has 2 aromatic carbocycles. The second-order valence-corrected chi connectivity index (χ2v) is 4.97. The topological polar surface area (TPSA) is 47.8 Å². The van der Waals surface area contributed by atoms with Gasteiger partial charge in [0, 0.05) is 17.6 Å². The summed E-state index contributed by atoms with van der Waals surface area (Å²) >= 11 is 0. The Hall–Kier alpha value is -2.88. The van der Waals surface area contributed by atoms with Crippen LogP contribution in [0.5, 0.6) is 5.75 Å². The fraction of sp³-hybridized carbons (Fsp3) is 0.0588. The number of ether oxygens (including phenoxy) is 1. The van der Waals surface area contributed by atoms with Crippen LogP contribution in [0.4, 0.5) is 0 Å². The van der Waals surface area contributed by atoms with E-state index in [1.807, 2.05) is 22.6 Å². The van der Waals surface area contributed by atoms with Crippen LogP contribution in [-0.4, -0.2) is 11.5 Å². The Labute approximate surface area is 119 Å². The van der Waals surface area contributed by atoms with Gasteiger partial charge in [-0.05, 0) is 24.3 Å². The highest BCUT2D eigenvalue weighted by Gasteiger charge is 2.13. The van der Waals surface area contributed by atoms with Gasteiger partial charge in [-0.15, -0.1) is 0 Å². The summed E-state index contributed by atoms with van der Waals surface area (Å²) in [5, 5.41) is 1.62. The lowest BCUT2D eigenvalue weighted by atomic mass is 10.1. The van der Waals surface area contributed by atoms with E-state index in [1.165, 1.54) is 13.2 Å². The predicted molar refractivity (Wildman–Crippen MR) is 82.7 cm³/mol. The van der Waals surface area contributed by atoms with E-state index in [4.69, 9.17) is 4.74 Å². The Morgan fingerprint density at radius 1 is 0.952 bits per heavy atom. The molecule has 4 nitrogen and oxygen atoms in total. The van der Waals surface area contributed by atoms with Crippen molar-refractivity contribution in [3.05, 3.63) is 69.1 Å². The molecule has 0 radical (unpaired) electrons. The molecule has 0 spiro atoms. The number of pyridine rings is 2. The Morgan fingerprint density at radius 3 is 2.52 bits per heavy atom. The number of rotatable bonds is 1. The quantitative estimate of drug-likeness (QED) is 0.396. The first-order valence-corrected chi connectivity index (χ1v) is 6.58. The van der Waals surface area contributed by atoms with Crippen molar-refractivity contribution in [3.8, 4) is 5.75 Å². The van der Waals surface area contributed by atoms with Gasteiger partial charge in [0.1, 0.15) is 5.75 Å². The Bertz CT molecular complexity index is 1110. The summed E-state index contributed by atoms with van der Waals surface area (Å²) in [6.45, 7) is 0. The Morgan fingerprint density at radius 2 is 1.71 bits per heavy atom. The molecule has 0 bridgehead atoms. The fourth-order valence-corrected chi connectivity index (χ4v) is 2.87. The van der Waals surface area contributed by atoms with Crippen LogP contribution in [0.25, 0.3) is 27.2 Å². The van der Waals surface area contributed by atoms with Gasteiger partial charge in [0.2, 0.25) is 0 Å². The average molecular weight is 277 g/mol. The van der Waals surface area contributed by atoms with Crippen molar-refractivity contribution in [2.45, 2.75) is 0 Å². The number of nitrogens with zero attached hydrogens (tertiary/aromatic N) is 1. The molecule has 4 aromatic rings. The van der Waals surface area contributed by atoms with Crippen molar-refractivity contribution in [2.75, 3.05) is 7.11 Å². The summed E-state index contributed by atoms with van der Waals surface area (Å²) in [5.41, 5.74) is 1.24. The van der Waals surface area contributed by atoms with Crippen LogP contribution in [0.3, 0.4) is 0 Å². The molecule has 0 N–H and O–H groups in total. The van der Waals surface area contributed by atoms with E-state index in [0.29, 0.717) is 27.4 Å². The molecular formula is C17H11NO3. The number of benzene rings is 2. The molecule has 0 aliphatic heterocycles. The smallest absolute Gasteiger partial charge is 0.197 e. The van der Waals surface area contributed by atoms with Crippen LogP contribution in [0.1, 0.15) is 0 Å². The SMILES string of the molecule is COc1cc2c(=O)ccn3c4ccccc4c(=O)c(c1)c23. The van der Waals surface area contributed by atoms with Crippen molar-refractivity contribution in [2.24, 2.45) is 0 Å². The van der Waals surface area contributed by atoms with Gasteiger partial charge in [-0.2, -0.15) is 0 Å². The van der Waals surface area contributed by atoms with E-state index < -0.39 is 0 Å². The first kappa shape index (κ1) is 11.9. The van der Waals surface area contributed by atoms with E-state index in [2.05, 4.69) is 0 Å². The number of hydrogen-bond donors (Lipinski definition) is 0. The standard InChI is InChI=1S/C17H11NO3/c1-21-10-8-12-15(19)6-7-18-14-5-3-2-4-11(14)17(20)13(9-10)16(12)18/h2-9H,1H3. The summed E-state index contributed by atoms with van der Waals surface area (Å²) < 4.78 is 7.11. The highest BCUT2D eigenvalue weighted by molar-refractivity contribution is 6.02. The van der Waals surface area contributed by atoms with Crippen LogP contribution in [-0.2, 0) is 0 Å². The molecule has 0 aliphatic carbocycles. The molecule has 0 unspecified atom stereocenters. The van der Waals surface area contributed by atoms with Gasteiger partial charge in [0.15, 0.2) is 10.9 Å². The summed E-state index contributed by atoms with van der Waals surface area (Å²) in [4.78, 5) is 24.8. The third-order valence-corrected chi connectivity index (χ3v) is 3.85. The van der Waals surface area contributed by atoms with E-state index in [9.17, 15) is 9.59 Å². The van der Waals surface area contributed by atoms with Crippen LogP contribution in [0, 0.1) is 0 Å². The zero-order valence-electron chi connectivity index (χ0n) is 11.3. The second kappa shape index (κ2) is 4.06. The molecule has 0 amide bonds. The molecule has 0 fully saturated rings. The molecule has 0 saturated heterocycles. The number of methoxy groups -OCH3 is 1. The minimum absolute atomic E-state index is 0.0832. The van der Waals surface area contributed by atoms with Gasteiger partial charge < -0.3 is 9.14 Å². The molecule has 102 valence electrons. The van der Waals surface area contributed by atoms with Crippen molar-refractivity contribution in [3.63, 3.8) is 0 Å². The first-order valence-electron chi connectivity index (χ1n) is 6.58. The van der Waals surface area contributed by atoms with Gasteiger partial charge in [-0.3, -0.25) is 9.59 Å². The van der Waals surface area contributed by atoms with Crippen LogP contribution in [0.15, 0.2) is 58.3 Å². The molecule has 0 saturated carbocycles. The predicted octanol–water partition coefficient (Wildman–Crippen LogP) is 2.41. The maximum atomic E-state index is 12.7. The van der Waals surface area contributed by atoms with Gasteiger partial charge in [-0.1, -0.05) is 12.1 Å². The summed E-state index contributed by atoms with van der Waals surface area (Å²) in [6, 6.07) is 12.3. The monoisotopic (exact) mass is 277 g/mol. The van der Waals surface area contributed by atoms with Gasteiger partial charge in [0.25, 0.3) is 0 Å². The molecule has 21 heavy (non-hydrogen) atoms. The van der Waals surface area contributed by atoms with Crippen molar-refractivity contribution in [1.82, 2.24) is 4.40 Å². The lowest BCUT2D eigenvalue weighted by Gasteiger charge is -2.11. The zero-order valence-corrected chi connectivity index (χ0v) is 11.3. The minimum atomic E-state index is -0.117. The Kier molecular flexibility index (Phi) is 2.30. The third-order valence-electron chi connectivity index (χ3n) is 3.85. The molecular weight excluding hydrogens is 266 g/mol. The van der Waals surface area contributed by atoms with Gasteiger partial charge >= 0.3 is 0 Å². The molecule has 4 heteroatoms. The van der Waals surface area contributed by atoms with E-state index in [-0.39, 0.29) is 10.9 Å². The average Bonchev–Trinajstić information content (AvgIpc) is 2.53. The summed E-state index contributed by atoms with van der Waals surface area (Å²) in [7, 11) is 1.52. The van der Waals surface area contributed by atoms with Crippen molar-refractivity contribution < 1.29 is 4.74 Å². The van der Waals surface area contributed by atoms with Crippen molar-refractivity contribution >= 4 is 27.2 Å². The summed E-state index contributed by atoms with van der Waals surface area (Å²) in [5.74, 6) is 0.514. The number of fused-ring (bicyclic) bond motifs is 2. The highest BCUT2D eigenvalue weighted by atomic mass is 16.5. The maximum absolute atomic E-state index is 12.7. The lowest BCUT2D eigenvalue weighted by molar-refractivity contribution is 0.416. The lowest BCUT2D eigenvalue weighted by Crippen LogP contribution is -2.12. The van der Waals surface area contributed by atoms with Crippen LogP contribution < -0.4 is 15.6 Å². The normalized spacial score (nSPS) is 11.5. The third kappa shape index (κ3) is 1.50. The molecule has 2 heterocycles. The molecule has 0 aliphatic rings. The largest absolute Gasteiger partial charge is 0.497 e. The molecule has 0 atom stereocenters. The van der Waals surface area contributed by atoms with E-state index in [0.717, 1.165) is 5.52 Å². The first-order chi connectivity index (χ1) is 10.2. The second-order valence-electron chi connectivity index (χ2n) is 4.97. The van der Waals surface area contributed by atoms with Crippen LogP contribution >= 0.6 is 0 Å². The van der Waals surface area contributed by atoms with E-state index >= 15 is 0 Å². The zero-order chi connectivity index (χ0) is 14.6. The molecule has 4 rings (SSSR count). The summed E-state index contributed by atoms with van der Waals surface area (Å²) in [6.07, 6.45) is 1.71. The number of aromatic nitrogens is 1. The van der Waals surface area contributed by atoms with E-state index in [1.54, 1.807) is 24.4 Å². The van der Waals surface area contributed by atoms with Gasteiger partial charge in [0.05, 0.1) is 28.9 Å². The van der Waals surface area contributed by atoms with Crippen LogP contribution in [0.2, 0.25) is 0 Å². The van der Waals surface area contributed by atoms with Crippen molar-refractivity contribution in [1.29, 1.82) is 0 Å². The number of para-hydroxylation sites is 1. The highest BCUT2D eigenvalue weighted by Crippen LogP contribution is 2.25. The number of hydrogen-bond acceptors (Lipinski definition) is 3. The maximum Gasteiger partial charge on any atom is 0.197 e. The minimum Gasteiger partial charge on any atom is -0.497 e. The fourth-order valence-electron chi connectivity index (χ4n) is 2.87. The van der Waals surface area contributed by atoms with Gasteiger partial charge in [-0.25, -0.2) is 0 Å². The molecule has 2 aromatic heterocycles. The Balaban J connectivity index is 2.46.